The van der Waals surface area contributed by atoms with Gasteiger partial charge < -0.3 is 9.47 Å². The Hall–Kier alpha value is -1.41. The number of carbonyl (C=O) groups excluding carboxylic acids is 2. The van der Waals surface area contributed by atoms with Crippen molar-refractivity contribution in [3.05, 3.63) is 0 Å². The molecular formula is C14H21F5O4. The molecule has 0 saturated carbocycles. The molecule has 0 saturated heterocycles. The van der Waals surface area contributed by atoms with Crippen LogP contribution in [0.2, 0.25) is 0 Å². The Morgan fingerprint density at radius 1 is 0.957 bits per heavy atom. The van der Waals surface area contributed by atoms with Gasteiger partial charge in [0.05, 0.1) is 5.41 Å². The van der Waals surface area contributed by atoms with E-state index in [-0.39, 0.29) is 0 Å². The molecule has 23 heavy (non-hydrogen) atoms. The van der Waals surface area contributed by atoms with Crippen molar-refractivity contribution in [2.75, 3.05) is 0 Å². The first-order chi connectivity index (χ1) is 10.2. The van der Waals surface area contributed by atoms with E-state index < -0.39 is 48.1 Å². The fourth-order valence-corrected chi connectivity index (χ4v) is 1.28. The summed E-state index contributed by atoms with van der Waals surface area (Å²) in [6.07, 6.45) is -10.0. The van der Waals surface area contributed by atoms with E-state index in [2.05, 4.69) is 9.47 Å². The monoisotopic (exact) mass is 348 g/mol. The molecule has 136 valence electrons. The summed E-state index contributed by atoms with van der Waals surface area (Å²) in [5.41, 5.74) is -1.06. The summed E-state index contributed by atoms with van der Waals surface area (Å²) in [6, 6.07) is 0. The van der Waals surface area contributed by atoms with E-state index in [0.29, 0.717) is 13.3 Å². The van der Waals surface area contributed by atoms with Crippen LogP contribution >= 0.6 is 0 Å². The Morgan fingerprint density at radius 3 is 1.78 bits per heavy atom. The lowest BCUT2D eigenvalue weighted by molar-refractivity contribution is -0.238. The number of alkyl halides is 5. The molecule has 0 aliphatic rings. The minimum absolute atomic E-state index is 0.295. The summed E-state index contributed by atoms with van der Waals surface area (Å²) in [7, 11) is 0. The zero-order valence-corrected chi connectivity index (χ0v) is 13.6. The fourth-order valence-electron chi connectivity index (χ4n) is 1.28. The largest absolute Gasteiger partial charge is 0.455 e. The number of carbonyl (C=O) groups is 2. The fraction of sp³-hybridized carbons (Fsp3) is 0.857. The van der Waals surface area contributed by atoms with E-state index in [0.717, 1.165) is 0 Å². The summed E-state index contributed by atoms with van der Waals surface area (Å²) in [6.45, 7) is 6.21. The van der Waals surface area contributed by atoms with Gasteiger partial charge in [-0.2, -0.15) is 22.0 Å². The summed E-state index contributed by atoms with van der Waals surface area (Å²) in [5.74, 6) is -7.73. The third kappa shape index (κ3) is 5.62. The molecule has 0 fully saturated rings. The van der Waals surface area contributed by atoms with Gasteiger partial charge in [0, 0.05) is 0 Å². The van der Waals surface area contributed by atoms with Crippen LogP contribution in [0.5, 0.6) is 0 Å². The van der Waals surface area contributed by atoms with Crippen LogP contribution in [0.3, 0.4) is 0 Å². The number of ether oxygens (including phenoxy) is 2. The van der Waals surface area contributed by atoms with Crippen LogP contribution < -0.4 is 0 Å². The zero-order chi connectivity index (χ0) is 18.6. The summed E-state index contributed by atoms with van der Waals surface area (Å²) in [4.78, 5) is 23.2. The van der Waals surface area contributed by atoms with Gasteiger partial charge in [-0.3, -0.25) is 4.79 Å². The summed E-state index contributed by atoms with van der Waals surface area (Å²) in [5, 5.41) is 0. The minimum Gasteiger partial charge on any atom is -0.455 e. The molecule has 2 atom stereocenters. The van der Waals surface area contributed by atoms with Crippen molar-refractivity contribution >= 4 is 11.9 Å². The van der Waals surface area contributed by atoms with Crippen LogP contribution in [-0.4, -0.2) is 36.2 Å². The van der Waals surface area contributed by atoms with Crippen LogP contribution in [0.1, 0.15) is 47.5 Å². The minimum atomic E-state index is -4.96. The van der Waals surface area contributed by atoms with E-state index in [1.165, 1.54) is 20.8 Å². The van der Waals surface area contributed by atoms with Crippen LogP contribution in [0.15, 0.2) is 0 Å². The normalized spacial score (nSPS) is 15.7. The molecule has 0 aromatic heterocycles. The molecule has 0 N–H and O–H groups in total. The van der Waals surface area contributed by atoms with Crippen LogP contribution in [0.25, 0.3) is 0 Å². The van der Waals surface area contributed by atoms with Crippen LogP contribution in [0.4, 0.5) is 22.0 Å². The van der Waals surface area contributed by atoms with Crippen molar-refractivity contribution < 1.29 is 41.0 Å². The first kappa shape index (κ1) is 21.6. The number of halogens is 5. The molecule has 0 aliphatic heterocycles. The molecule has 9 heteroatoms. The quantitative estimate of drug-likeness (QED) is 0.518. The molecule has 0 aromatic carbocycles. The average molecular weight is 348 g/mol. The molecule has 0 bridgehead atoms. The standard InChI is InChI=1S/C14H21F5O4/c1-6-9(23-10(20)12(4,5)7-2)13(15,16)11(21)22-8(3)14(17,18)19/h8-9H,6-7H2,1-5H3. The lowest BCUT2D eigenvalue weighted by atomic mass is 9.90. The average Bonchev–Trinajstić information content (AvgIpc) is 2.42. The number of hydrogen-bond donors (Lipinski definition) is 0. The van der Waals surface area contributed by atoms with E-state index >= 15 is 0 Å². The number of rotatable bonds is 7. The van der Waals surface area contributed by atoms with Crippen molar-refractivity contribution in [2.24, 2.45) is 5.41 Å². The maximum atomic E-state index is 14.0. The predicted molar refractivity (Wildman–Crippen MR) is 70.8 cm³/mol. The maximum Gasteiger partial charge on any atom is 0.425 e. The van der Waals surface area contributed by atoms with Crippen LogP contribution in [-0.2, 0) is 19.1 Å². The molecule has 2 unspecified atom stereocenters. The second kappa shape index (κ2) is 7.44. The highest BCUT2D eigenvalue weighted by Gasteiger charge is 2.53. The van der Waals surface area contributed by atoms with Crippen molar-refractivity contribution in [3.8, 4) is 0 Å². The smallest absolute Gasteiger partial charge is 0.425 e. The van der Waals surface area contributed by atoms with Gasteiger partial charge in [-0.1, -0.05) is 13.8 Å². The first-order valence-electron chi connectivity index (χ1n) is 7.06. The maximum absolute atomic E-state index is 14.0. The number of esters is 2. The van der Waals surface area contributed by atoms with Gasteiger partial charge in [-0.25, -0.2) is 4.79 Å². The SMILES string of the molecule is CCC(OC(=O)C(C)(C)CC)C(F)(F)C(=O)OC(C)C(F)(F)F. The molecule has 0 heterocycles. The molecule has 0 aromatic rings. The van der Waals surface area contributed by atoms with Gasteiger partial charge in [0.25, 0.3) is 0 Å². The molecule has 4 nitrogen and oxygen atoms in total. The Balaban J connectivity index is 5.13. The predicted octanol–water partition coefficient (Wildman–Crippen LogP) is 3.87. The third-order valence-electron chi connectivity index (χ3n) is 3.48. The third-order valence-corrected chi connectivity index (χ3v) is 3.48. The lowest BCUT2D eigenvalue weighted by Crippen LogP contribution is -2.48. The topological polar surface area (TPSA) is 52.6 Å². The molecule has 0 spiro atoms. The van der Waals surface area contributed by atoms with E-state index in [9.17, 15) is 31.5 Å². The van der Waals surface area contributed by atoms with Gasteiger partial charge in [0.1, 0.15) is 0 Å². The van der Waals surface area contributed by atoms with Crippen molar-refractivity contribution in [1.82, 2.24) is 0 Å². The molecule has 0 rings (SSSR count). The second-order valence-corrected chi connectivity index (χ2v) is 5.75. The Labute approximate surface area is 131 Å². The highest BCUT2D eigenvalue weighted by atomic mass is 19.4. The van der Waals surface area contributed by atoms with Crippen molar-refractivity contribution in [1.29, 1.82) is 0 Å². The van der Waals surface area contributed by atoms with Gasteiger partial charge in [-0.15, -0.1) is 0 Å². The first-order valence-corrected chi connectivity index (χ1v) is 7.06. The van der Waals surface area contributed by atoms with Crippen LogP contribution in [0, 0.1) is 5.41 Å². The second-order valence-electron chi connectivity index (χ2n) is 5.75. The van der Waals surface area contributed by atoms with E-state index in [1.807, 2.05) is 0 Å². The zero-order valence-electron chi connectivity index (χ0n) is 13.6. The summed E-state index contributed by atoms with van der Waals surface area (Å²) >= 11 is 0. The summed E-state index contributed by atoms with van der Waals surface area (Å²) < 4.78 is 73.2. The molecule has 0 radical (unpaired) electrons. The van der Waals surface area contributed by atoms with Crippen molar-refractivity contribution in [2.45, 2.75) is 71.8 Å². The molecule has 0 amide bonds. The van der Waals surface area contributed by atoms with E-state index in [4.69, 9.17) is 0 Å². The molecule has 0 aliphatic carbocycles. The van der Waals surface area contributed by atoms with Gasteiger partial charge in [0.15, 0.2) is 12.2 Å². The highest BCUT2D eigenvalue weighted by molar-refractivity contribution is 5.80. The Bertz CT molecular complexity index is 431. The lowest BCUT2D eigenvalue weighted by Gasteiger charge is -2.29. The van der Waals surface area contributed by atoms with Gasteiger partial charge in [0.2, 0.25) is 0 Å². The molecular weight excluding hydrogens is 327 g/mol. The Kier molecular flexibility index (Phi) is 6.98. The van der Waals surface area contributed by atoms with Gasteiger partial charge >= 0.3 is 24.0 Å². The Morgan fingerprint density at radius 2 is 1.43 bits per heavy atom. The van der Waals surface area contributed by atoms with Crippen molar-refractivity contribution in [3.63, 3.8) is 0 Å². The van der Waals surface area contributed by atoms with Gasteiger partial charge in [-0.05, 0) is 33.6 Å². The highest BCUT2D eigenvalue weighted by Crippen LogP contribution is 2.31. The number of hydrogen-bond acceptors (Lipinski definition) is 4. The van der Waals surface area contributed by atoms with E-state index in [1.54, 1.807) is 6.92 Å².